The topological polar surface area (TPSA) is 26.0 Å². The van der Waals surface area contributed by atoms with E-state index in [0.29, 0.717) is 0 Å². The van der Waals surface area contributed by atoms with Crippen LogP contribution in [0.3, 0.4) is 0 Å². The Bertz CT molecular complexity index is 763. The Morgan fingerprint density at radius 3 is 2.25 bits per heavy atom. The van der Waals surface area contributed by atoms with Crippen molar-refractivity contribution in [3.8, 4) is 0 Å². The maximum absolute atomic E-state index is 13.9. The lowest BCUT2D eigenvalue weighted by atomic mass is 9.94. The van der Waals surface area contributed by atoms with Gasteiger partial charge in [-0.25, -0.2) is 8.78 Å². The SMILES string of the molecule is NC(c1cccc(F)c1F)c1cccc2ccccc12. The van der Waals surface area contributed by atoms with Gasteiger partial charge in [0.15, 0.2) is 11.6 Å². The van der Waals surface area contributed by atoms with Gasteiger partial charge in [-0.15, -0.1) is 0 Å². The molecule has 0 radical (unpaired) electrons. The maximum atomic E-state index is 13.9. The molecule has 3 heteroatoms. The van der Waals surface area contributed by atoms with Crippen LogP contribution in [0.1, 0.15) is 17.2 Å². The Balaban J connectivity index is 2.18. The van der Waals surface area contributed by atoms with Crippen molar-refractivity contribution in [3.63, 3.8) is 0 Å². The smallest absolute Gasteiger partial charge is 0.163 e. The number of hydrogen-bond donors (Lipinski definition) is 1. The van der Waals surface area contributed by atoms with Crippen LogP contribution in [0.5, 0.6) is 0 Å². The lowest BCUT2D eigenvalue weighted by molar-refractivity contribution is 0.495. The Hall–Kier alpha value is -2.26. The second-order valence-electron chi connectivity index (χ2n) is 4.69. The van der Waals surface area contributed by atoms with Crippen LogP contribution < -0.4 is 5.73 Å². The maximum Gasteiger partial charge on any atom is 0.163 e. The first kappa shape index (κ1) is 12.8. The molecule has 20 heavy (non-hydrogen) atoms. The van der Waals surface area contributed by atoms with E-state index in [1.54, 1.807) is 0 Å². The summed E-state index contributed by atoms with van der Waals surface area (Å²) in [6, 6.07) is 16.8. The van der Waals surface area contributed by atoms with Gasteiger partial charge in [-0.3, -0.25) is 0 Å². The van der Waals surface area contributed by atoms with Crippen molar-refractivity contribution in [1.29, 1.82) is 0 Å². The Morgan fingerprint density at radius 2 is 1.40 bits per heavy atom. The first-order valence-corrected chi connectivity index (χ1v) is 6.35. The van der Waals surface area contributed by atoms with Gasteiger partial charge in [0, 0.05) is 5.56 Å². The second kappa shape index (κ2) is 5.02. The molecule has 3 rings (SSSR count). The summed E-state index contributed by atoms with van der Waals surface area (Å²) in [5.41, 5.74) is 7.10. The minimum absolute atomic E-state index is 0.168. The van der Waals surface area contributed by atoms with Crippen molar-refractivity contribution in [3.05, 3.63) is 83.4 Å². The molecule has 3 aromatic rings. The fourth-order valence-electron chi connectivity index (χ4n) is 2.45. The van der Waals surface area contributed by atoms with E-state index in [-0.39, 0.29) is 5.56 Å². The van der Waals surface area contributed by atoms with Crippen LogP contribution in [-0.2, 0) is 0 Å². The summed E-state index contributed by atoms with van der Waals surface area (Å²) in [6.07, 6.45) is 0. The van der Waals surface area contributed by atoms with Gasteiger partial charge in [0.25, 0.3) is 0 Å². The van der Waals surface area contributed by atoms with Crippen LogP contribution in [-0.4, -0.2) is 0 Å². The molecular weight excluding hydrogens is 256 g/mol. The highest BCUT2D eigenvalue weighted by Crippen LogP contribution is 2.29. The van der Waals surface area contributed by atoms with E-state index in [4.69, 9.17) is 5.73 Å². The van der Waals surface area contributed by atoms with Crippen LogP contribution in [0.25, 0.3) is 10.8 Å². The number of fused-ring (bicyclic) bond motifs is 1. The van der Waals surface area contributed by atoms with Gasteiger partial charge in [-0.05, 0) is 22.4 Å². The summed E-state index contributed by atoms with van der Waals surface area (Å²) < 4.78 is 27.2. The molecule has 0 fully saturated rings. The van der Waals surface area contributed by atoms with E-state index in [9.17, 15) is 8.78 Å². The van der Waals surface area contributed by atoms with Gasteiger partial charge < -0.3 is 5.73 Å². The van der Waals surface area contributed by atoms with Gasteiger partial charge in [0.2, 0.25) is 0 Å². The van der Waals surface area contributed by atoms with Gasteiger partial charge in [0.05, 0.1) is 6.04 Å². The molecule has 0 aromatic heterocycles. The van der Waals surface area contributed by atoms with Gasteiger partial charge in [0.1, 0.15) is 0 Å². The largest absolute Gasteiger partial charge is 0.320 e. The standard InChI is InChI=1S/C17H13F2N/c18-15-10-4-9-14(16(15)19)17(20)13-8-3-6-11-5-1-2-7-12(11)13/h1-10,17H,20H2. The first-order valence-electron chi connectivity index (χ1n) is 6.35. The number of nitrogens with two attached hydrogens (primary N) is 1. The molecule has 0 aliphatic carbocycles. The molecule has 1 unspecified atom stereocenters. The predicted molar refractivity (Wildman–Crippen MR) is 76.3 cm³/mol. The molecule has 3 aromatic carbocycles. The average Bonchev–Trinajstić information content (AvgIpc) is 2.49. The molecule has 0 amide bonds. The third-order valence-electron chi connectivity index (χ3n) is 3.47. The van der Waals surface area contributed by atoms with E-state index < -0.39 is 17.7 Å². The molecule has 0 saturated heterocycles. The number of rotatable bonds is 2. The van der Waals surface area contributed by atoms with Gasteiger partial charge in [-0.1, -0.05) is 54.6 Å². The van der Waals surface area contributed by atoms with Crippen molar-refractivity contribution < 1.29 is 8.78 Å². The summed E-state index contributed by atoms with van der Waals surface area (Å²) in [7, 11) is 0. The van der Waals surface area contributed by atoms with Gasteiger partial charge in [-0.2, -0.15) is 0 Å². The highest BCUT2D eigenvalue weighted by Gasteiger charge is 2.17. The summed E-state index contributed by atoms with van der Waals surface area (Å²) in [6.45, 7) is 0. The van der Waals surface area contributed by atoms with E-state index in [2.05, 4.69) is 0 Å². The predicted octanol–water partition coefficient (Wildman–Crippen LogP) is 4.17. The van der Waals surface area contributed by atoms with Crippen molar-refractivity contribution >= 4 is 10.8 Å². The lowest BCUT2D eigenvalue weighted by Crippen LogP contribution is -2.14. The summed E-state index contributed by atoms with van der Waals surface area (Å²) in [4.78, 5) is 0. The molecule has 1 nitrogen and oxygen atoms in total. The fraction of sp³-hybridized carbons (Fsp3) is 0.0588. The molecule has 0 aliphatic heterocycles. The molecule has 1 atom stereocenters. The third kappa shape index (κ3) is 2.06. The van der Waals surface area contributed by atoms with E-state index >= 15 is 0 Å². The van der Waals surface area contributed by atoms with Gasteiger partial charge >= 0.3 is 0 Å². The minimum Gasteiger partial charge on any atom is -0.320 e. The number of benzene rings is 3. The zero-order valence-corrected chi connectivity index (χ0v) is 10.7. The monoisotopic (exact) mass is 269 g/mol. The summed E-state index contributed by atoms with van der Waals surface area (Å²) >= 11 is 0. The van der Waals surface area contributed by atoms with Crippen LogP contribution in [0.15, 0.2) is 60.7 Å². The van der Waals surface area contributed by atoms with E-state index in [1.807, 2.05) is 42.5 Å². The lowest BCUT2D eigenvalue weighted by Gasteiger charge is -2.16. The molecule has 0 saturated carbocycles. The van der Waals surface area contributed by atoms with Crippen molar-refractivity contribution in [2.45, 2.75) is 6.04 Å². The zero-order chi connectivity index (χ0) is 14.1. The number of halogens is 2. The fourth-order valence-corrected chi connectivity index (χ4v) is 2.45. The highest BCUT2D eigenvalue weighted by molar-refractivity contribution is 5.86. The van der Waals surface area contributed by atoms with E-state index in [0.717, 1.165) is 22.4 Å². The Morgan fingerprint density at radius 1 is 0.750 bits per heavy atom. The van der Waals surface area contributed by atoms with Crippen LogP contribution in [0.4, 0.5) is 8.78 Å². The molecule has 100 valence electrons. The first-order chi connectivity index (χ1) is 9.68. The molecular formula is C17H13F2N. The second-order valence-corrected chi connectivity index (χ2v) is 4.69. The Labute approximate surface area is 115 Å². The normalized spacial score (nSPS) is 12.6. The molecule has 2 N–H and O–H groups in total. The molecule has 0 heterocycles. The minimum atomic E-state index is -0.882. The van der Waals surface area contributed by atoms with Crippen LogP contribution in [0, 0.1) is 11.6 Å². The van der Waals surface area contributed by atoms with Crippen LogP contribution in [0.2, 0.25) is 0 Å². The highest BCUT2D eigenvalue weighted by atomic mass is 19.2. The van der Waals surface area contributed by atoms with Crippen molar-refractivity contribution in [2.24, 2.45) is 5.73 Å². The zero-order valence-electron chi connectivity index (χ0n) is 10.7. The molecule has 0 spiro atoms. The summed E-state index contributed by atoms with van der Waals surface area (Å²) in [5.74, 6) is -1.76. The van der Waals surface area contributed by atoms with Crippen LogP contribution >= 0.6 is 0 Å². The Kier molecular flexibility index (Phi) is 3.20. The van der Waals surface area contributed by atoms with Crippen molar-refractivity contribution in [2.75, 3.05) is 0 Å². The molecule has 0 aliphatic rings. The summed E-state index contributed by atoms with van der Waals surface area (Å²) in [5, 5.41) is 1.98. The van der Waals surface area contributed by atoms with E-state index in [1.165, 1.54) is 12.1 Å². The van der Waals surface area contributed by atoms with Crippen molar-refractivity contribution in [1.82, 2.24) is 0 Å². The average molecular weight is 269 g/mol. The quantitative estimate of drug-likeness (QED) is 0.742. The molecule has 0 bridgehead atoms. The number of hydrogen-bond acceptors (Lipinski definition) is 1. The third-order valence-corrected chi connectivity index (χ3v) is 3.47.